The topological polar surface area (TPSA) is 45.1 Å². The summed E-state index contributed by atoms with van der Waals surface area (Å²) >= 11 is 1.63. The Kier molecular flexibility index (Phi) is 3.99. The molecular formula is C15H21N3O2S. The molecule has 2 aliphatic rings. The van der Waals surface area contributed by atoms with Crippen molar-refractivity contribution in [1.29, 1.82) is 0 Å². The molecule has 6 heteroatoms. The lowest BCUT2D eigenvalue weighted by Gasteiger charge is -2.37. The van der Waals surface area contributed by atoms with Gasteiger partial charge in [0.05, 0.1) is 4.88 Å². The van der Waals surface area contributed by atoms with Crippen LogP contribution in [0.4, 0.5) is 0 Å². The molecule has 0 spiro atoms. The van der Waals surface area contributed by atoms with Crippen LogP contribution in [0, 0.1) is 0 Å². The lowest BCUT2D eigenvalue weighted by Crippen LogP contribution is -2.54. The second-order valence-corrected chi connectivity index (χ2v) is 6.69. The summed E-state index contributed by atoms with van der Waals surface area (Å²) in [4.78, 5) is 23.6. The van der Waals surface area contributed by atoms with Crippen molar-refractivity contribution in [3.8, 4) is 0 Å². The van der Waals surface area contributed by atoms with E-state index in [1.165, 1.54) is 0 Å². The van der Waals surface area contributed by atoms with Crippen LogP contribution < -0.4 is 0 Å². The van der Waals surface area contributed by atoms with Gasteiger partial charge in [0.25, 0.3) is 5.91 Å². The van der Waals surface area contributed by atoms with E-state index in [0.717, 1.165) is 43.3 Å². The van der Waals surface area contributed by atoms with Gasteiger partial charge in [-0.15, -0.1) is 11.3 Å². The summed E-state index contributed by atoms with van der Waals surface area (Å²) in [6.45, 7) is 8.49. The predicted molar refractivity (Wildman–Crippen MR) is 83.7 cm³/mol. The third-order valence-corrected chi connectivity index (χ3v) is 5.15. The molecule has 0 saturated carbocycles. The molecule has 1 amide bonds. The molecule has 1 aromatic rings. The smallest absolute Gasteiger partial charge is 0.269 e. The highest BCUT2D eigenvalue weighted by Crippen LogP contribution is 2.30. The molecule has 0 radical (unpaired) electrons. The molecule has 0 unspecified atom stereocenters. The zero-order valence-electron chi connectivity index (χ0n) is 12.5. The molecule has 1 aromatic heterocycles. The molecule has 0 N–H and O–H groups in total. The summed E-state index contributed by atoms with van der Waals surface area (Å²) in [5, 5.41) is 6.16. The quantitative estimate of drug-likeness (QED) is 0.855. The molecule has 3 rings (SSSR count). The SMILES string of the molecule is CCN1CCN(C(=O)[C@@]2(C)CC(c3cccs3)=NO2)CC1. The summed E-state index contributed by atoms with van der Waals surface area (Å²) in [7, 11) is 0. The van der Waals surface area contributed by atoms with Crippen molar-refractivity contribution in [2.45, 2.75) is 25.9 Å². The number of oxime groups is 1. The maximum atomic E-state index is 12.7. The van der Waals surface area contributed by atoms with Crippen molar-refractivity contribution < 1.29 is 9.63 Å². The molecule has 0 aliphatic carbocycles. The zero-order chi connectivity index (χ0) is 14.9. The number of nitrogens with zero attached hydrogens (tertiary/aromatic N) is 3. The van der Waals surface area contributed by atoms with Crippen molar-refractivity contribution in [3.05, 3.63) is 22.4 Å². The standard InChI is InChI=1S/C15H21N3O2S/c1-3-17-6-8-18(9-7-17)14(19)15(2)11-12(16-20-15)13-5-4-10-21-13/h4-5,10H,3,6-9,11H2,1-2H3/t15-/m1/s1. The van der Waals surface area contributed by atoms with Crippen LogP contribution >= 0.6 is 11.3 Å². The van der Waals surface area contributed by atoms with E-state index in [4.69, 9.17) is 4.84 Å². The maximum absolute atomic E-state index is 12.7. The summed E-state index contributed by atoms with van der Waals surface area (Å²) in [6.07, 6.45) is 0.556. The van der Waals surface area contributed by atoms with Crippen molar-refractivity contribution in [1.82, 2.24) is 9.80 Å². The number of piperazine rings is 1. The molecule has 1 saturated heterocycles. The molecule has 2 aliphatic heterocycles. The van der Waals surface area contributed by atoms with Gasteiger partial charge in [-0.2, -0.15) is 0 Å². The first-order valence-electron chi connectivity index (χ1n) is 7.43. The number of rotatable bonds is 3. The highest BCUT2D eigenvalue weighted by atomic mass is 32.1. The van der Waals surface area contributed by atoms with E-state index in [-0.39, 0.29) is 5.91 Å². The largest absolute Gasteiger partial charge is 0.379 e. The zero-order valence-corrected chi connectivity index (χ0v) is 13.4. The fourth-order valence-corrected chi connectivity index (χ4v) is 3.54. The van der Waals surface area contributed by atoms with Crippen LogP contribution in [0.1, 0.15) is 25.1 Å². The Balaban J connectivity index is 1.63. The minimum absolute atomic E-state index is 0.0635. The van der Waals surface area contributed by atoms with E-state index in [1.54, 1.807) is 11.3 Å². The van der Waals surface area contributed by atoms with E-state index in [2.05, 4.69) is 17.0 Å². The van der Waals surface area contributed by atoms with Gasteiger partial charge in [-0.1, -0.05) is 18.1 Å². The van der Waals surface area contributed by atoms with Gasteiger partial charge in [-0.3, -0.25) is 4.79 Å². The summed E-state index contributed by atoms with van der Waals surface area (Å²) < 4.78 is 0. The van der Waals surface area contributed by atoms with Crippen molar-refractivity contribution in [3.63, 3.8) is 0 Å². The van der Waals surface area contributed by atoms with Gasteiger partial charge in [0, 0.05) is 32.6 Å². The van der Waals surface area contributed by atoms with Crippen LogP contribution in [0.2, 0.25) is 0 Å². The van der Waals surface area contributed by atoms with E-state index in [9.17, 15) is 4.79 Å². The second-order valence-electron chi connectivity index (χ2n) is 5.74. The molecule has 5 nitrogen and oxygen atoms in total. The van der Waals surface area contributed by atoms with Gasteiger partial charge in [-0.05, 0) is 24.9 Å². The van der Waals surface area contributed by atoms with Crippen LogP contribution in [0.5, 0.6) is 0 Å². The van der Waals surface area contributed by atoms with Gasteiger partial charge in [0.2, 0.25) is 5.60 Å². The van der Waals surface area contributed by atoms with Gasteiger partial charge < -0.3 is 14.6 Å². The van der Waals surface area contributed by atoms with Crippen molar-refractivity contribution in [2.24, 2.45) is 5.16 Å². The summed E-state index contributed by atoms with van der Waals surface area (Å²) in [6, 6.07) is 4.01. The fourth-order valence-electron chi connectivity index (χ4n) is 2.83. The van der Waals surface area contributed by atoms with E-state index in [1.807, 2.05) is 29.3 Å². The minimum Gasteiger partial charge on any atom is -0.379 e. The summed E-state index contributed by atoms with van der Waals surface area (Å²) in [5.41, 5.74) is 0.0429. The second kappa shape index (κ2) is 5.77. The molecule has 0 bridgehead atoms. The molecule has 1 atom stereocenters. The van der Waals surface area contributed by atoms with E-state index in [0.29, 0.717) is 6.42 Å². The first-order chi connectivity index (χ1) is 10.1. The monoisotopic (exact) mass is 307 g/mol. The predicted octanol–water partition coefficient (Wildman–Crippen LogP) is 1.80. The normalized spacial score (nSPS) is 26.6. The Morgan fingerprint density at radius 2 is 2.19 bits per heavy atom. The molecule has 1 fully saturated rings. The van der Waals surface area contributed by atoms with Gasteiger partial charge in [0.1, 0.15) is 5.71 Å². The van der Waals surface area contributed by atoms with Gasteiger partial charge in [0.15, 0.2) is 0 Å². The first-order valence-corrected chi connectivity index (χ1v) is 8.31. The molecular weight excluding hydrogens is 286 g/mol. The van der Waals surface area contributed by atoms with Crippen LogP contribution in [0.25, 0.3) is 0 Å². The molecule has 0 aromatic carbocycles. The Bertz CT molecular complexity index is 535. The first kappa shape index (κ1) is 14.5. The third-order valence-electron chi connectivity index (χ3n) is 4.23. The number of likely N-dealkylation sites (N-methyl/N-ethyl adjacent to an activating group) is 1. The molecule has 3 heterocycles. The van der Waals surface area contributed by atoms with Gasteiger partial charge >= 0.3 is 0 Å². The number of carbonyl (C=O) groups excluding carboxylic acids is 1. The number of carbonyl (C=O) groups is 1. The van der Waals surface area contributed by atoms with Crippen LogP contribution in [0.15, 0.2) is 22.7 Å². The average molecular weight is 307 g/mol. The summed E-state index contributed by atoms with van der Waals surface area (Å²) in [5.74, 6) is 0.0635. The molecule has 114 valence electrons. The average Bonchev–Trinajstić information content (AvgIpc) is 3.16. The Morgan fingerprint density at radius 1 is 1.43 bits per heavy atom. The Hall–Kier alpha value is -1.40. The van der Waals surface area contributed by atoms with E-state index < -0.39 is 5.60 Å². The maximum Gasteiger partial charge on any atom is 0.269 e. The van der Waals surface area contributed by atoms with Crippen LogP contribution in [0.3, 0.4) is 0 Å². The lowest BCUT2D eigenvalue weighted by molar-refractivity contribution is -0.155. The number of thiophene rings is 1. The minimum atomic E-state index is -0.840. The lowest BCUT2D eigenvalue weighted by atomic mass is 9.97. The number of hydrogen-bond acceptors (Lipinski definition) is 5. The number of amides is 1. The Morgan fingerprint density at radius 3 is 2.81 bits per heavy atom. The van der Waals surface area contributed by atoms with Crippen LogP contribution in [-0.4, -0.2) is 59.7 Å². The highest BCUT2D eigenvalue weighted by Gasteiger charge is 2.45. The Labute approximate surface area is 129 Å². The fraction of sp³-hybridized carbons (Fsp3) is 0.600. The highest BCUT2D eigenvalue weighted by molar-refractivity contribution is 7.12. The van der Waals surface area contributed by atoms with Gasteiger partial charge in [-0.25, -0.2) is 0 Å². The van der Waals surface area contributed by atoms with E-state index >= 15 is 0 Å². The third kappa shape index (κ3) is 2.82. The van der Waals surface area contributed by atoms with Crippen molar-refractivity contribution in [2.75, 3.05) is 32.7 Å². The molecule has 21 heavy (non-hydrogen) atoms. The number of hydrogen-bond donors (Lipinski definition) is 0. The van der Waals surface area contributed by atoms with Crippen molar-refractivity contribution >= 4 is 23.0 Å². The van der Waals surface area contributed by atoms with Crippen LogP contribution in [-0.2, 0) is 9.63 Å².